The van der Waals surface area contributed by atoms with Gasteiger partial charge in [0, 0.05) is 25.3 Å². The highest BCUT2D eigenvalue weighted by atomic mass is 35.5. The Hall–Kier alpha value is -1.65. The first kappa shape index (κ1) is 30.4. The van der Waals surface area contributed by atoms with E-state index in [1.54, 1.807) is 6.07 Å². The lowest BCUT2D eigenvalue weighted by Gasteiger charge is -2.14. The summed E-state index contributed by atoms with van der Waals surface area (Å²) >= 11 is 0.999. The largest absolute Gasteiger partial charge is 0.506 e. The predicted molar refractivity (Wildman–Crippen MR) is 144 cm³/mol. The van der Waals surface area contributed by atoms with E-state index >= 15 is 0 Å². The Labute approximate surface area is 216 Å². The van der Waals surface area contributed by atoms with Crippen LogP contribution in [0, 0.1) is 0 Å². The van der Waals surface area contributed by atoms with Crippen molar-refractivity contribution in [1.82, 2.24) is 15.6 Å². The van der Waals surface area contributed by atoms with Gasteiger partial charge < -0.3 is 30.6 Å². The Bertz CT molecular complexity index is 1060. The van der Waals surface area contributed by atoms with Crippen molar-refractivity contribution in [2.75, 3.05) is 26.2 Å². The van der Waals surface area contributed by atoms with Gasteiger partial charge in [0.05, 0.1) is 16.9 Å². The van der Waals surface area contributed by atoms with Gasteiger partial charge in [-0.25, -0.2) is 0 Å². The lowest BCUT2D eigenvalue weighted by Crippen LogP contribution is -2.24. The van der Waals surface area contributed by atoms with Crippen molar-refractivity contribution in [1.29, 1.82) is 0 Å². The number of aromatic nitrogens is 1. The van der Waals surface area contributed by atoms with Gasteiger partial charge in [-0.1, -0.05) is 41.7 Å². The van der Waals surface area contributed by atoms with E-state index in [1.165, 1.54) is 17.2 Å². The fourth-order valence-corrected chi connectivity index (χ4v) is 4.45. The fraction of sp³-hybridized carbons (Fsp3) is 0.458. The summed E-state index contributed by atoms with van der Waals surface area (Å²) in [4.78, 5) is 14.0. The minimum absolute atomic E-state index is 0. The molecule has 0 radical (unpaired) electrons. The number of hydrogen-bond acceptors (Lipinski definition) is 7. The van der Waals surface area contributed by atoms with Gasteiger partial charge in [-0.15, -0.1) is 24.8 Å². The van der Waals surface area contributed by atoms with Crippen LogP contribution in [-0.2, 0) is 17.7 Å². The van der Waals surface area contributed by atoms with Crippen molar-refractivity contribution >= 4 is 46.4 Å². The van der Waals surface area contributed by atoms with Gasteiger partial charge in [-0.3, -0.25) is 4.79 Å². The molecule has 2 aromatic carbocycles. The number of halogens is 2. The van der Waals surface area contributed by atoms with E-state index in [9.17, 15) is 15.0 Å². The highest BCUT2D eigenvalue weighted by Gasteiger charge is 2.15. The number of phenols is 1. The molecule has 34 heavy (non-hydrogen) atoms. The molecule has 7 nitrogen and oxygen atoms in total. The third-order valence-electron chi connectivity index (χ3n) is 5.14. The van der Waals surface area contributed by atoms with Crippen molar-refractivity contribution in [2.24, 2.45) is 0 Å². The average Bonchev–Trinajstić information content (AvgIpc) is 3.16. The van der Waals surface area contributed by atoms with Crippen LogP contribution in [0.15, 0.2) is 41.2 Å². The summed E-state index contributed by atoms with van der Waals surface area (Å²) in [6.45, 7) is 7.73. The molecule has 5 N–H and O–H groups in total. The van der Waals surface area contributed by atoms with Crippen molar-refractivity contribution in [3.63, 3.8) is 0 Å². The van der Waals surface area contributed by atoms with Crippen LogP contribution < -0.4 is 15.5 Å². The zero-order valence-electron chi connectivity index (χ0n) is 19.5. The van der Waals surface area contributed by atoms with Gasteiger partial charge in [-0.2, -0.15) is 0 Å². The van der Waals surface area contributed by atoms with E-state index in [-0.39, 0.29) is 41.5 Å². The Kier molecular flexibility index (Phi) is 13.7. The molecule has 0 saturated carbocycles. The first-order valence-electron chi connectivity index (χ1n) is 11.1. The molecule has 10 heteroatoms. The molecule has 1 heterocycles. The molecular formula is C24H35Cl2N3O4S. The summed E-state index contributed by atoms with van der Waals surface area (Å²) in [5, 5.41) is 27.2. The number of H-pyrrole nitrogens is 1. The smallest absolute Gasteiger partial charge is 0.305 e. The molecule has 0 amide bonds. The van der Waals surface area contributed by atoms with Gasteiger partial charge in [0.25, 0.3) is 0 Å². The van der Waals surface area contributed by atoms with Gasteiger partial charge >= 0.3 is 4.87 Å². The van der Waals surface area contributed by atoms with Crippen molar-refractivity contribution < 1.29 is 14.9 Å². The molecule has 0 unspecified atom stereocenters. The number of ether oxygens (including phenoxy) is 1. The van der Waals surface area contributed by atoms with Gasteiger partial charge in [-0.05, 0) is 57.0 Å². The number of nitrogens with one attached hydrogen (secondary N) is 3. The summed E-state index contributed by atoms with van der Waals surface area (Å²) in [7, 11) is 0. The number of aliphatic hydroxyl groups is 1. The SMILES string of the molecule is CC(C)OCCCNCc1cccc(CCNC[C@H](O)c2ccc(O)c3[nH]c(=O)sc23)c1.Cl.Cl. The van der Waals surface area contributed by atoms with Crippen LogP contribution in [0.1, 0.15) is 43.1 Å². The Morgan fingerprint density at radius 3 is 2.62 bits per heavy atom. The molecule has 190 valence electrons. The summed E-state index contributed by atoms with van der Waals surface area (Å²) in [5.74, 6) is 0.0144. The number of aromatic amines is 1. The number of aliphatic hydroxyl groups excluding tert-OH is 1. The highest BCUT2D eigenvalue weighted by molar-refractivity contribution is 7.16. The normalized spacial score (nSPS) is 11.9. The number of fused-ring (bicyclic) bond motifs is 1. The zero-order valence-corrected chi connectivity index (χ0v) is 22.0. The van der Waals surface area contributed by atoms with Crippen LogP contribution in [0.3, 0.4) is 0 Å². The quantitative estimate of drug-likeness (QED) is 0.214. The molecule has 3 rings (SSSR count). The monoisotopic (exact) mass is 531 g/mol. The van der Waals surface area contributed by atoms with Crippen molar-refractivity contribution in [3.8, 4) is 5.75 Å². The number of hydrogen-bond donors (Lipinski definition) is 5. The van der Waals surface area contributed by atoms with Crippen molar-refractivity contribution in [3.05, 3.63) is 62.8 Å². The predicted octanol–water partition coefficient (Wildman–Crippen LogP) is 3.91. The Balaban J connectivity index is 0.00000289. The van der Waals surface area contributed by atoms with Crippen molar-refractivity contribution in [2.45, 2.75) is 45.4 Å². The number of thiazole rings is 1. The van der Waals surface area contributed by atoms with Gasteiger partial charge in [0.2, 0.25) is 0 Å². The summed E-state index contributed by atoms with van der Waals surface area (Å²) in [6, 6.07) is 11.7. The highest BCUT2D eigenvalue weighted by Crippen LogP contribution is 2.31. The molecule has 0 saturated heterocycles. The van der Waals surface area contributed by atoms with E-state index in [2.05, 4.69) is 39.9 Å². The minimum atomic E-state index is -0.764. The topological polar surface area (TPSA) is 107 Å². The molecule has 0 fully saturated rings. The van der Waals surface area contributed by atoms with E-state index < -0.39 is 6.10 Å². The third kappa shape index (κ3) is 9.19. The van der Waals surface area contributed by atoms with Crippen LogP contribution in [0.25, 0.3) is 10.2 Å². The average molecular weight is 533 g/mol. The van der Waals surface area contributed by atoms with Crippen LogP contribution >= 0.6 is 36.2 Å². The molecule has 1 aromatic heterocycles. The molecule has 0 bridgehead atoms. The van der Waals surface area contributed by atoms with Gasteiger partial charge in [0.1, 0.15) is 11.3 Å². The molecule has 0 aliphatic carbocycles. The minimum Gasteiger partial charge on any atom is -0.506 e. The maximum absolute atomic E-state index is 11.6. The molecular weight excluding hydrogens is 497 g/mol. The van der Waals surface area contributed by atoms with E-state index in [1.807, 2.05) is 13.8 Å². The molecule has 0 aliphatic rings. The third-order valence-corrected chi connectivity index (χ3v) is 6.08. The second-order valence-electron chi connectivity index (χ2n) is 8.13. The maximum Gasteiger partial charge on any atom is 0.305 e. The van der Waals surface area contributed by atoms with Crippen LogP contribution in [0.5, 0.6) is 5.75 Å². The molecule has 3 aromatic rings. The van der Waals surface area contributed by atoms with Gasteiger partial charge in [0.15, 0.2) is 0 Å². The second-order valence-corrected chi connectivity index (χ2v) is 9.12. The lowest BCUT2D eigenvalue weighted by molar-refractivity contribution is 0.0770. The second kappa shape index (κ2) is 15.4. The summed E-state index contributed by atoms with van der Waals surface area (Å²) < 4.78 is 6.15. The Morgan fingerprint density at radius 2 is 1.85 bits per heavy atom. The van der Waals surface area contributed by atoms with E-state index in [4.69, 9.17) is 4.74 Å². The van der Waals surface area contributed by atoms with Crippen LogP contribution in [0.2, 0.25) is 0 Å². The molecule has 0 aliphatic heterocycles. The maximum atomic E-state index is 11.6. The number of rotatable bonds is 13. The fourth-order valence-electron chi connectivity index (χ4n) is 3.53. The number of aromatic hydroxyl groups is 1. The van der Waals surface area contributed by atoms with E-state index in [0.29, 0.717) is 22.3 Å². The molecule has 0 spiro atoms. The van der Waals surface area contributed by atoms with E-state index in [0.717, 1.165) is 50.4 Å². The number of phenolic OH excluding ortho intramolecular Hbond substituents is 1. The summed E-state index contributed by atoms with van der Waals surface area (Å²) in [5.41, 5.74) is 3.52. The zero-order chi connectivity index (χ0) is 22.9. The lowest BCUT2D eigenvalue weighted by atomic mass is 10.1. The Morgan fingerprint density at radius 1 is 1.09 bits per heavy atom. The first-order chi connectivity index (χ1) is 15.4. The summed E-state index contributed by atoms with van der Waals surface area (Å²) in [6.07, 6.45) is 1.37. The van der Waals surface area contributed by atoms with Crippen LogP contribution in [0.4, 0.5) is 0 Å². The van der Waals surface area contributed by atoms with Crippen LogP contribution in [-0.4, -0.2) is 47.5 Å². The number of benzene rings is 2. The standard InChI is InChI=1S/C24H33N3O4S.2ClH/c1-16(2)31-12-4-10-25-14-18-6-3-5-17(13-18)9-11-26-15-21(29)19-7-8-20(28)22-23(19)32-24(30)27-22;;/h3,5-8,13,16,21,25-26,28-29H,4,9-12,14-15H2,1-2H3,(H,27,30);2*1H/t21-;;/m0../s1. The molecule has 1 atom stereocenters. The first-order valence-corrected chi connectivity index (χ1v) is 11.9.